The molecule has 2 aromatic rings. The third-order valence-corrected chi connectivity index (χ3v) is 4.66. The number of para-hydroxylation sites is 1. The molecule has 0 amide bonds. The van der Waals surface area contributed by atoms with Crippen LogP contribution in [-0.2, 0) is 20.1 Å². The number of aromatic nitrogens is 2. The predicted molar refractivity (Wildman–Crippen MR) is 89.8 cm³/mol. The van der Waals surface area contributed by atoms with E-state index in [1.54, 1.807) is 0 Å². The number of rotatable bonds is 4. The number of nitrogens with two attached hydrogens (primary N) is 1. The van der Waals surface area contributed by atoms with Crippen LogP contribution in [0.25, 0.3) is 0 Å². The molecule has 1 saturated heterocycles. The first-order valence-electron chi connectivity index (χ1n) is 7.92. The second-order valence-corrected chi connectivity index (χ2v) is 5.97. The molecule has 5 heteroatoms. The van der Waals surface area contributed by atoms with Crippen molar-refractivity contribution in [2.24, 2.45) is 12.8 Å². The van der Waals surface area contributed by atoms with Crippen LogP contribution in [-0.4, -0.2) is 40.9 Å². The van der Waals surface area contributed by atoms with E-state index in [1.165, 1.54) is 22.5 Å². The van der Waals surface area contributed by atoms with E-state index in [2.05, 4.69) is 46.1 Å². The van der Waals surface area contributed by atoms with E-state index in [1.807, 2.05) is 17.9 Å². The SMILES string of the molecule is Cc1c(CN2CCN(c3ccccc3CN)CC2)cnn1C. The molecular formula is C17H25N5. The van der Waals surface area contributed by atoms with Crippen molar-refractivity contribution in [1.82, 2.24) is 14.7 Å². The van der Waals surface area contributed by atoms with Gasteiger partial charge in [0.25, 0.3) is 0 Å². The summed E-state index contributed by atoms with van der Waals surface area (Å²) < 4.78 is 1.95. The van der Waals surface area contributed by atoms with Crippen LogP contribution < -0.4 is 10.6 Å². The monoisotopic (exact) mass is 299 g/mol. The Bertz CT molecular complexity index is 626. The smallest absolute Gasteiger partial charge is 0.0537 e. The molecule has 5 nitrogen and oxygen atoms in total. The third-order valence-electron chi connectivity index (χ3n) is 4.66. The molecule has 0 saturated carbocycles. The Hall–Kier alpha value is -1.85. The van der Waals surface area contributed by atoms with E-state index in [-0.39, 0.29) is 0 Å². The van der Waals surface area contributed by atoms with Crippen molar-refractivity contribution in [1.29, 1.82) is 0 Å². The first kappa shape index (κ1) is 15.1. The van der Waals surface area contributed by atoms with Gasteiger partial charge in [0.15, 0.2) is 0 Å². The predicted octanol–water partition coefficient (Wildman–Crippen LogP) is 1.51. The second-order valence-electron chi connectivity index (χ2n) is 5.97. The van der Waals surface area contributed by atoms with Gasteiger partial charge >= 0.3 is 0 Å². The van der Waals surface area contributed by atoms with Crippen molar-refractivity contribution in [3.05, 3.63) is 47.3 Å². The van der Waals surface area contributed by atoms with Crippen LogP contribution in [0, 0.1) is 6.92 Å². The Balaban J connectivity index is 1.62. The summed E-state index contributed by atoms with van der Waals surface area (Å²) in [7, 11) is 2.00. The minimum atomic E-state index is 0.602. The van der Waals surface area contributed by atoms with Crippen LogP contribution in [0.4, 0.5) is 5.69 Å². The van der Waals surface area contributed by atoms with Crippen LogP contribution in [0.5, 0.6) is 0 Å². The molecule has 0 unspecified atom stereocenters. The van der Waals surface area contributed by atoms with Gasteiger partial charge in [0.2, 0.25) is 0 Å². The van der Waals surface area contributed by atoms with E-state index >= 15 is 0 Å². The normalized spacial score (nSPS) is 16.2. The van der Waals surface area contributed by atoms with Gasteiger partial charge in [0.05, 0.1) is 6.20 Å². The Morgan fingerprint density at radius 1 is 1.09 bits per heavy atom. The summed E-state index contributed by atoms with van der Waals surface area (Å²) in [5.41, 5.74) is 11.0. The van der Waals surface area contributed by atoms with Crippen LogP contribution in [0.3, 0.4) is 0 Å². The van der Waals surface area contributed by atoms with Gasteiger partial charge in [0, 0.05) is 63.3 Å². The maximum Gasteiger partial charge on any atom is 0.0537 e. The number of piperazine rings is 1. The zero-order valence-electron chi connectivity index (χ0n) is 13.5. The quantitative estimate of drug-likeness (QED) is 0.930. The fraction of sp³-hybridized carbons (Fsp3) is 0.471. The summed E-state index contributed by atoms with van der Waals surface area (Å²) in [4.78, 5) is 4.96. The lowest BCUT2D eigenvalue weighted by atomic mass is 10.1. The Kier molecular flexibility index (Phi) is 4.45. The summed E-state index contributed by atoms with van der Waals surface area (Å²) in [6.45, 7) is 7.99. The highest BCUT2D eigenvalue weighted by Crippen LogP contribution is 2.22. The van der Waals surface area contributed by atoms with Crippen LogP contribution >= 0.6 is 0 Å². The molecule has 1 aliphatic rings. The van der Waals surface area contributed by atoms with Gasteiger partial charge in [-0.25, -0.2) is 0 Å². The molecule has 2 heterocycles. The van der Waals surface area contributed by atoms with E-state index in [4.69, 9.17) is 5.73 Å². The highest BCUT2D eigenvalue weighted by Gasteiger charge is 2.19. The Morgan fingerprint density at radius 2 is 1.82 bits per heavy atom. The van der Waals surface area contributed by atoms with Gasteiger partial charge in [-0.3, -0.25) is 9.58 Å². The zero-order valence-corrected chi connectivity index (χ0v) is 13.5. The molecule has 0 spiro atoms. The van der Waals surface area contributed by atoms with Gasteiger partial charge < -0.3 is 10.6 Å². The summed E-state index contributed by atoms with van der Waals surface area (Å²) in [6.07, 6.45) is 1.99. The van der Waals surface area contributed by atoms with Crippen molar-refractivity contribution >= 4 is 5.69 Å². The fourth-order valence-corrected chi connectivity index (χ4v) is 3.08. The number of hydrogen-bond donors (Lipinski definition) is 1. The van der Waals surface area contributed by atoms with Gasteiger partial charge in [0.1, 0.15) is 0 Å². The average molecular weight is 299 g/mol. The number of anilines is 1. The van der Waals surface area contributed by atoms with Crippen molar-refractivity contribution < 1.29 is 0 Å². The Labute approximate surface area is 132 Å². The molecule has 22 heavy (non-hydrogen) atoms. The van der Waals surface area contributed by atoms with Crippen molar-refractivity contribution in [2.75, 3.05) is 31.1 Å². The largest absolute Gasteiger partial charge is 0.369 e. The molecule has 0 atom stereocenters. The Morgan fingerprint density at radius 3 is 2.45 bits per heavy atom. The molecule has 118 valence electrons. The second kappa shape index (κ2) is 6.50. The highest BCUT2D eigenvalue weighted by molar-refractivity contribution is 5.54. The lowest BCUT2D eigenvalue weighted by Gasteiger charge is -2.37. The van der Waals surface area contributed by atoms with Gasteiger partial charge in [-0.05, 0) is 18.6 Å². The summed E-state index contributed by atoms with van der Waals surface area (Å²) >= 11 is 0. The topological polar surface area (TPSA) is 50.3 Å². The lowest BCUT2D eigenvalue weighted by molar-refractivity contribution is 0.249. The molecule has 1 aromatic carbocycles. The number of hydrogen-bond acceptors (Lipinski definition) is 4. The van der Waals surface area contributed by atoms with Gasteiger partial charge in [-0.15, -0.1) is 0 Å². The zero-order chi connectivity index (χ0) is 15.5. The van der Waals surface area contributed by atoms with Crippen LogP contribution in [0.15, 0.2) is 30.5 Å². The van der Waals surface area contributed by atoms with Gasteiger partial charge in [-0.2, -0.15) is 5.10 Å². The van der Waals surface area contributed by atoms with Crippen LogP contribution in [0.1, 0.15) is 16.8 Å². The number of benzene rings is 1. The lowest BCUT2D eigenvalue weighted by Crippen LogP contribution is -2.46. The minimum Gasteiger partial charge on any atom is -0.369 e. The fourth-order valence-electron chi connectivity index (χ4n) is 3.08. The maximum absolute atomic E-state index is 5.86. The van der Waals surface area contributed by atoms with E-state index < -0.39 is 0 Å². The van der Waals surface area contributed by atoms with E-state index in [9.17, 15) is 0 Å². The minimum absolute atomic E-state index is 0.602. The first-order chi connectivity index (χ1) is 10.7. The molecule has 1 aliphatic heterocycles. The first-order valence-corrected chi connectivity index (χ1v) is 7.92. The molecule has 2 N–H and O–H groups in total. The molecular weight excluding hydrogens is 274 g/mol. The third kappa shape index (κ3) is 3.00. The number of aryl methyl sites for hydroxylation is 1. The summed E-state index contributed by atoms with van der Waals surface area (Å²) in [5, 5.41) is 4.33. The van der Waals surface area contributed by atoms with E-state index in [0.29, 0.717) is 6.54 Å². The summed E-state index contributed by atoms with van der Waals surface area (Å²) in [5.74, 6) is 0. The van der Waals surface area contributed by atoms with E-state index in [0.717, 1.165) is 32.7 Å². The molecule has 0 aliphatic carbocycles. The standard InChI is InChI=1S/C17H25N5/c1-14-16(12-19-20(14)2)13-21-7-9-22(10-8-21)17-6-4-3-5-15(17)11-18/h3-6,12H,7-11,13,18H2,1-2H3. The van der Waals surface area contributed by atoms with Crippen molar-refractivity contribution in [3.8, 4) is 0 Å². The molecule has 1 fully saturated rings. The van der Waals surface area contributed by atoms with Crippen molar-refractivity contribution in [2.45, 2.75) is 20.0 Å². The van der Waals surface area contributed by atoms with Crippen molar-refractivity contribution in [3.63, 3.8) is 0 Å². The number of nitrogens with zero attached hydrogens (tertiary/aromatic N) is 4. The van der Waals surface area contributed by atoms with Gasteiger partial charge in [-0.1, -0.05) is 18.2 Å². The molecule has 1 aromatic heterocycles. The van der Waals surface area contributed by atoms with Crippen LogP contribution in [0.2, 0.25) is 0 Å². The summed E-state index contributed by atoms with van der Waals surface area (Å²) in [6, 6.07) is 8.47. The molecule has 0 radical (unpaired) electrons. The highest BCUT2D eigenvalue weighted by atomic mass is 15.3. The molecule has 3 rings (SSSR count). The molecule has 0 bridgehead atoms. The maximum atomic E-state index is 5.86. The average Bonchev–Trinajstić information content (AvgIpc) is 2.87.